The van der Waals surface area contributed by atoms with Gasteiger partial charge in [-0.1, -0.05) is 0 Å². The van der Waals surface area contributed by atoms with E-state index >= 15 is 0 Å². The molecule has 0 saturated carbocycles. The van der Waals surface area contributed by atoms with E-state index in [-0.39, 0.29) is 23.4 Å². The first-order valence-corrected chi connectivity index (χ1v) is 7.67. The maximum Gasteiger partial charge on any atom is 0.338 e. The molecule has 1 amide bonds. The average Bonchev–Trinajstić information content (AvgIpc) is 3.04. The van der Waals surface area contributed by atoms with Crippen molar-refractivity contribution in [2.75, 3.05) is 19.7 Å². The number of hydrogen-bond acceptors (Lipinski definition) is 5. The SMILES string of the molecule is CCOC(=O)C1CCN(C(=O)C(C)n2cc(C(=O)O)cn2)CC1. The molecule has 126 valence electrons. The zero-order chi connectivity index (χ0) is 17.0. The molecule has 1 saturated heterocycles. The van der Waals surface area contributed by atoms with E-state index < -0.39 is 12.0 Å². The van der Waals surface area contributed by atoms with E-state index in [0.717, 1.165) is 0 Å². The van der Waals surface area contributed by atoms with Crippen molar-refractivity contribution in [1.29, 1.82) is 0 Å². The first-order valence-electron chi connectivity index (χ1n) is 7.67. The summed E-state index contributed by atoms with van der Waals surface area (Å²) in [5.74, 6) is -1.57. The molecule has 1 N–H and O–H groups in total. The number of carboxylic acid groups (broad SMARTS) is 1. The molecule has 8 heteroatoms. The topological polar surface area (TPSA) is 102 Å². The summed E-state index contributed by atoms with van der Waals surface area (Å²) in [6.07, 6.45) is 3.73. The Bertz CT molecular complexity index is 590. The molecule has 0 radical (unpaired) electrons. The number of aromatic carboxylic acids is 1. The van der Waals surface area contributed by atoms with Crippen molar-refractivity contribution in [3.8, 4) is 0 Å². The van der Waals surface area contributed by atoms with Gasteiger partial charge in [0.05, 0.1) is 24.3 Å². The van der Waals surface area contributed by atoms with Crippen LogP contribution in [0.5, 0.6) is 0 Å². The highest BCUT2D eigenvalue weighted by Crippen LogP contribution is 2.21. The molecule has 1 aliphatic heterocycles. The van der Waals surface area contributed by atoms with Gasteiger partial charge in [-0.15, -0.1) is 0 Å². The summed E-state index contributed by atoms with van der Waals surface area (Å²) in [6.45, 7) is 4.78. The number of ether oxygens (including phenoxy) is 1. The van der Waals surface area contributed by atoms with Crippen LogP contribution in [0.15, 0.2) is 12.4 Å². The zero-order valence-electron chi connectivity index (χ0n) is 13.3. The molecule has 0 spiro atoms. The summed E-state index contributed by atoms with van der Waals surface area (Å²) in [4.78, 5) is 36.7. The van der Waals surface area contributed by atoms with E-state index in [1.165, 1.54) is 17.1 Å². The summed E-state index contributed by atoms with van der Waals surface area (Å²) < 4.78 is 6.36. The second-order valence-electron chi connectivity index (χ2n) is 5.54. The number of piperidine rings is 1. The highest BCUT2D eigenvalue weighted by atomic mass is 16.5. The lowest BCUT2D eigenvalue weighted by molar-refractivity contribution is -0.151. The monoisotopic (exact) mass is 323 g/mol. The van der Waals surface area contributed by atoms with Gasteiger partial charge in [0.25, 0.3) is 0 Å². The molecule has 1 aliphatic rings. The quantitative estimate of drug-likeness (QED) is 0.809. The van der Waals surface area contributed by atoms with Crippen molar-refractivity contribution in [2.24, 2.45) is 5.92 Å². The second-order valence-corrected chi connectivity index (χ2v) is 5.54. The number of aromatic nitrogens is 2. The minimum absolute atomic E-state index is 0.0469. The minimum atomic E-state index is -1.08. The van der Waals surface area contributed by atoms with E-state index in [2.05, 4.69) is 5.10 Å². The Morgan fingerprint density at radius 1 is 1.39 bits per heavy atom. The van der Waals surface area contributed by atoms with Crippen LogP contribution in [0.4, 0.5) is 0 Å². The van der Waals surface area contributed by atoms with E-state index in [1.54, 1.807) is 18.7 Å². The molecule has 1 aromatic heterocycles. The number of nitrogens with zero attached hydrogens (tertiary/aromatic N) is 3. The van der Waals surface area contributed by atoms with Crippen LogP contribution in [-0.4, -0.2) is 57.3 Å². The number of likely N-dealkylation sites (tertiary alicyclic amines) is 1. The van der Waals surface area contributed by atoms with Crippen molar-refractivity contribution < 1.29 is 24.2 Å². The first-order chi connectivity index (χ1) is 10.9. The van der Waals surface area contributed by atoms with Crippen molar-refractivity contribution in [2.45, 2.75) is 32.7 Å². The van der Waals surface area contributed by atoms with Gasteiger partial charge in [-0.2, -0.15) is 5.10 Å². The number of carboxylic acids is 1. The summed E-state index contributed by atoms with van der Waals surface area (Å²) in [7, 11) is 0. The molecule has 1 aromatic rings. The number of amides is 1. The molecule has 1 unspecified atom stereocenters. The van der Waals surface area contributed by atoms with Gasteiger partial charge >= 0.3 is 11.9 Å². The lowest BCUT2D eigenvalue weighted by Crippen LogP contribution is -2.43. The molecule has 2 rings (SSSR count). The highest BCUT2D eigenvalue weighted by Gasteiger charge is 2.30. The van der Waals surface area contributed by atoms with Gasteiger partial charge in [-0.25, -0.2) is 4.79 Å². The highest BCUT2D eigenvalue weighted by molar-refractivity contribution is 5.87. The summed E-state index contributed by atoms with van der Waals surface area (Å²) in [5.41, 5.74) is 0.0469. The van der Waals surface area contributed by atoms with Crippen LogP contribution in [0.2, 0.25) is 0 Å². The van der Waals surface area contributed by atoms with E-state index in [0.29, 0.717) is 32.5 Å². The molecule has 2 heterocycles. The Labute approximate surface area is 134 Å². The Morgan fingerprint density at radius 2 is 2.04 bits per heavy atom. The van der Waals surface area contributed by atoms with Gasteiger partial charge in [0, 0.05) is 19.3 Å². The van der Waals surface area contributed by atoms with Crippen LogP contribution < -0.4 is 0 Å². The van der Waals surface area contributed by atoms with Gasteiger partial charge < -0.3 is 14.7 Å². The fraction of sp³-hybridized carbons (Fsp3) is 0.600. The van der Waals surface area contributed by atoms with Gasteiger partial charge in [-0.05, 0) is 26.7 Å². The lowest BCUT2D eigenvalue weighted by atomic mass is 9.96. The molecule has 0 bridgehead atoms. The van der Waals surface area contributed by atoms with Gasteiger partial charge in [-0.3, -0.25) is 14.3 Å². The fourth-order valence-electron chi connectivity index (χ4n) is 2.63. The van der Waals surface area contributed by atoms with Crippen LogP contribution >= 0.6 is 0 Å². The van der Waals surface area contributed by atoms with Crippen LogP contribution in [0.3, 0.4) is 0 Å². The predicted molar refractivity (Wildman–Crippen MR) is 79.8 cm³/mol. The maximum absolute atomic E-state index is 12.5. The van der Waals surface area contributed by atoms with Crippen molar-refractivity contribution in [3.63, 3.8) is 0 Å². The Hall–Kier alpha value is -2.38. The fourth-order valence-corrected chi connectivity index (χ4v) is 2.63. The van der Waals surface area contributed by atoms with Crippen LogP contribution in [-0.2, 0) is 14.3 Å². The van der Waals surface area contributed by atoms with E-state index in [9.17, 15) is 14.4 Å². The summed E-state index contributed by atoms with van der Waals surface area (Å²) in [6, 6.07) is -0.581. The number of carbonyl (C=O) groups excluding carboxylic acids is 2. The summed E-state index contributed by atoms with van der Waals surface area (Å²) in [5, 5.41) is 12.8. The van der Waals surface area contributed by atoms with Crippen molar-refractivity contribution >= 4 is 17.8 Å². The number of carbonyl (C=O) groups is 3. The molecule has 23 heavy (non-hydrogen) atoms. The third-order valence-corrected chi connectivity index (χ3v) is 4.03. The molecular weight excluding hydrogens is 302 g/mol. The van der Waals surface area contributed by atoms with Crippen molar-refractivity contribution in [3.05, 3.63) is 18.0 Å². The summed E-state index contributed by atoms with van der Waals surface area (Å²) >= 11 is 0. The molecule has 0 aromatic carbocycles. The molecule has 1 fully saturated rings. The van der Waals surface area contributed by atoms with Crippen LogP contribution in [0.1, 0.15) is 43.1 Å². The van der Waals surface area contributed by atoms with Crippen LogP contribution in [0.25, 0.3) is 0 Å². The normalized spacial score (nSPS) is 16.9. The predicted octanol–water partition coefficient (Wildman–Crippen LogP) is 0.944. The maximum atomic E-state index is 12.5. The number of esters is 1. The van der Waals surface area contributed by atoms with Gasteiger partial charge in [0.15, 0.2) is 0 Å². The van der Waals surface area contributed by atoms with Gasteiger partial charge in [0.1, 0.15) is 6.04 Å². The Kier molecular flexibility index (Phi) is 5.36. The Balaban J connectivity index is 1.93. The third kappa shape index (κ3) is 3.88. The number of rotatable bonds is 5. The van der Waals surface area contributed by atoms with E-state index in [1.807, 2.05) is 0 Å². The number of hydrogen-bond donors (Lipinski definition) is 1. The van der Waals surface area contributed by atoms with Crippen LogP contribution in [0, 0.1) is 5.92 Å². The zero-order valence-corrected chi connectivity index (χ0v) is 13.3. The molecule has 8 nitrogen and oxygen atoms in total. The smallest absolute Gasteiger partial charge is 0.338 e. The molecule has 1 atom stereocenters. The first kappa shape index (κ1) is 17.0. The average molecular weight is 323 g/mol. The third-order valence-electron chi connectivity index (χ3n) is 4.03. The Morgan fingerprint density at radius 3 is 2.57 bits per heavy atom. The standard InChI is InChI=1S/C15H21N3O5/c1-3-23-15(22)11-4-6-17(7-5-11)13(19)10(2)18-9-12(8-16-18)14(20)21/h8-11H,3-7H2,1-2H3,(H,20,21). The van der Waals surface area contributed by atoms with E-state index in [4.69, 9.17) is 9.84 Å². The second kappa shape index (κ2) is 7.26. The van der Waals surface area contributed by atoms with Crippen molar-refractivity contribution in [1.82, 2.24) is 14.7 Å². The molecule has 0 aliphatic carbocycles. The lowest BCUT2D eigenvalue weighted by Gasteiger charge is -2.32. The van der Waals surface area contributed by atoms with Gasteiger partial charge in [0.2, 0.25) is 5.91 Å². The largest absolute Gasteiger partial charge is 0.478 e. The molecular formula is C15H21N3O5. The minimum Gasteiger partial charge on any atom is -0.478 e.